The fraction of sp³-hybridized carbons (Fsp3) is 0.389. The summed E-state index contributed by atoms with van der Waals surface area (Å²) in [5, 5.41) is 11.5. The Morgan fingerprint density at radius 2 is 1.96 bits per heavy atom. The molecular formula is C18H22N4O2. The van der Waals surface area contributed by atoms with E-state index >= 15 is 0 Å². The van der Waals surface area contributed by atoms with E-state index in [4.69, 9.17) is 4.74 Å². The number of carbonyl (C=O) groups excluding carboxylic acids is 1. The maximum Gasteiger partial charge on any atom is 0.251 e. The van der Waals surface area contributed by atoms with Gasteiger partial charge in [-0.3, -0.25) is 4.79 Å². The van der Waals surface area contributed by atoms with Gasteiger partial charge in [-0.2, -0.15) is 0 Å². The van der Waals surface area contributed by atoms with Crippen LogP contribution in [0.3, 0.4) is 0 Å². The van der Waals surface area contributed by atoms with Crippen LogP contribution in [-0.2, 0) is 4.74 Å². The summed E-state index contributed by atoms with van der Waals surface area (Å²) in [5.74, 6) is 0.778. The summed E-state index contributed by atoms with van der Waals surface area (Å²) >= 11 is 0. The van der Waals surface area contributed by atoms with Gasteiger partial charge in [-0.05, 0) is 38.1 Å². The van der Waals surface area contributed by atoms with Crippen LogP contribution in [0.5, 0.6) is 0 Å². The molecule has 2 heterocycles. The smallest absolute Gasteiger partial charge is 0.251 e. The van der Waals surface area contributed by atoms with Crippen LogP contribution in [0.4, 0.5) is 5.82 Å². The van der Waals surface area contributed by atoms with Crippen molar-refractivity contribution in [3.8, 4) is 11.3 Å². The molecular weight excluding hydrogens is 304 g/mol. The molecule has 0 bridgehead atoms. The average Bonchev–Trinajstić information content (AvgIpc) is 2.62. The van der Waals surface area contributed by atoms with Gasteiger partial charge >= 0.3 is 0 Å². The lowest BCUT2D eigenvalue weighted by molar-refractivity contribution is 0.0943. The van der Waals surface area contributed by atoms with E-state index in [1.807, 2.05) is 44.2 Å². The Morgan fingerprint density at radius 3 is 2.62 bits per heavy atom. The topological polar surface area (TPSA) is 67.4 Å². The predicted octanol–water partition coefficient (Wildman–Crippen LogP) is 2.12. The molecule has 0 radical (unpaired) electrons. The lowest BCUT2D eigenvalue weighted by atomic mass is 10.1. The second-order valence-corrected chi connectivity index (χ2v) is 6.09. The van der Waals surface area contributed by atoms with Gasteiger partial charge in [0, 0.05) is 30.3 Å². The minimum atomic E-state index is -0.0789. The molecule has 6 nitrogen and oxygen atoms in total. The molecule has 1 aromatic carbocycles. The fourth-order valence-corrected chi connectivity index (χ4v) is 2.61. The molecule has 0 unspecified atom stereocenters. The fourth-order valence-electron chi connectivity index (χ4n) is 2.61. The first-order chi connectivity index (χ1) is 11.6. The van der Waals surface area contributed by atoms with Gasteiger partial charge in [0.25, 0.3) is 5.91 Å². The first-order valence-corrected chi connectivity index (χ1v) is 8.21. The van der Waals surface area contributed by atoms with E-state index in [1.54, 1.807) is 6.07 Å². The van der Waals surface area contributed by atoms with E-state index < -0.39 is 0 Å². The van der Waals surface area contributed by atoms with E-state index in [2.05, 4.69) is 20.4 Å². The Hall–Kier alpha value is -2.47. The van der Waals surface area contributed by atoms with Gasteiger partial charge in [0.15, 0.2) is 5.82 Å². The highest BCUT2D eigenvalue weighted by atomic mass is 16.5. The van der Waals surface area contributed by atoms with Crippen LogP contribution in [0.1, 0.15) is 24.2 Å². The van der Waals surface area contributed by atoms with Crippen LogP contribution in [0.15, 0.2) is 36.4 Å². The van der Waals surface area contributed by atoms with Gasteiger partial charge in [0.05, 0.1) is 18.9 Å². The average molecular weight is 326 g/mol. The molecule has 2 aromatic rings. The van der Waals surface area contributed by atoms with Gasteiger partial charge in [-0.25, -0.2) is 0 Å². The summed E-state index contributed by atoms with van der Waals surface area (Å²) in [6.45, 7) is 6.99. The van der Waals surface area contributed by atoms with Crippen LogP contribution < -0.4 is 10.2 Å². The molecule has 1 fully saturated rings. The Kier molecular flexibility index (Phi) is 5.05. The van der Waals surface area contributed by atoms with Crippen LogP contribution >= 0.6 is 0 Å². The zero-order chi connectivity index (χ0) is 16.9. The Labute approximate surface area is 141 Å². The van der Waals surface area contributed by atoms with Crippen molar-refractivity contribution in [1.82, 2.24) is 15.5 Å². The number of anilines is 1. The van der Waals surface area contributed by atoms with Crippen molar-refractivity contribution >= 4 is 11.7 Å². The summed E-state index contributed by atoms with van der Waals surface area (Å²) in [6.07, 6.45) is 0. The monoisotopic (exact) mass is 326 g/mol. The van der Waals surface area contributed by atoms with E-state index in [0.29, 0.717) is 5.56 Å². The minimum absolute atomic E-state index is 0.0789. The number of morpholine rings is 1. The molecule has 0 spiro atoms. The van der Waals surface area contributed by atoms with E-state index in [1.165, 1.54) is 0 Å². The largest absolute Gasteiger partial charge is 0.378 e. The van der Waals surface area contributed by atoms with E-state index in [9.17, 15) is 4.79 Å². The van der Waals surface area contributed by atoms with Gasteiger partial charge < -0.3 is 15.0 Å². The summed E-state index contributed by atoms with van der Waals surface area (Å²) in [4.78, 5) is 14.3. The van der Waals surface area contributed by atoms with Crippen LogP contribution in [0, 0.1) is 0 Å². The van der Waals surface area contributed by atoms with Gasteiger partial charge in [-0.15, -0.1) is 10.2 Å². The highest BCUT2D eigenvalue weighted by molar-refractivity contribution is 5.95. The SMILES string of the molecule is CC(C)NC(=O)c1cccc(-c2ccc(N3CCOCC3)nn2)c1. The van der Waals surface area contributed by atoms with Crippen molar-refractivity contribution in [2.24, 2.45) is 0 Å². The molecule has 0 atom stereocenters. The second kappa shape index (κ2) is 7.40. The van der Waals surface area contributed by atoms with Crippen molar-refractivity contribution in [2.75, 3.05) is 31.2 Å². The van der Waals surface area contributed by atoms with Crippen LogP contribution in [-0.4, -0.2) is 48.4 Å². The summed E-state index contributed by atoms with van der Waals surface area (Å²) in [5.41, 5.74) is 2.26. The lowest BCUT2D eigenvalue weighted by Gasteiger charge is -2.27. The molecule has 1 aliphatic heterocycles. The number of amides is 1. The molecule has 0 saturated carbocycles. The third-order valence-corrected chi connectivity index (χ3v) is 3.83. The summed E-state index contributed by atoms with van der Waals surface area (Å²) in [6, 6.07) is 11.5. The van der Waals surface area contributed by atoms with Crippen LogP contribution in [0.25, 0.3) is 11.3 Å². The maximum atomic E-state index is 12.1. The number of carbonyl (C=O) groups is 1. The third kappa shape index (κ3) is 3.89. The van der Waals surface area contributed by atoms with Crippen molar-refractivity contribution in [3.05, 3.63) is 42.0 Å². The zero-order valence-corrected chi connectivity index (χ0v) is 14.0. The van der Waals surface area contributed by atoms with Gasteiger partial charge in [0.1, 0.15) is 0 Å². The number of nitrogens with one attached hydrogen (secondary N) is 1. The Balaban J connectivity index is 1.77. The molecule has 6 heteroatoms. The zero-order valence-electron chi connectivity index (χ0n) is 14.0. The second-order valence-electron chi connectivity index (χ2n) is 6.09. The molecule has 24 heavy (non-hydrogen) atoms. The van der Waals surface area contributed by atoms with Crippen molar-refractivity contribution in [3.63, 3.8) is 0 Å². The first kappa shape index (κ1) is 16.4. The van der Waals surface area contributed by atoms with E-state index in [0.717, 1.165) is 43.4 Å². The standard InChI is InChI=1S/C18H22N4O2/c1-13(2)19-18(23)15-5-3-4-14(12-15)16-6-7-17(21-20-16)22-8-10-24-11-9-22/h3-7,12-13H,8-11H2,1-2H3,(H,19,23). The summed E-state index contributed by atoms with van der Waals surface area (Å²) < 4.78 is 5.35. The molecule has 1 N–H and O–H groups in total. The number of benzene rings is 1. The number of hydrogen-bond donors (Lipinski definition) is 1. The van der Waals surface area contributed by atoms with Crippen molar-refractivity contribution in [2.45, 2.75) is 19.9 Å². The normalized spacial score (nSPS) is 14.7. The Morgan fingerprint density at radius 1 is 1.17 bits per heavy atom. The number of ether oxygens (including phenoxy) is 1. The Bertz CT molecular complexity index is 694. The number of aromatic nitrogens is 2. The highest BCUT2D eigenvalue weighted by Crippen LogP contribution is 2.20. The van der Waals surface area contributed by atoms with Crippen molar-refractivity contribution < 1.29 is 9.53 Å². The maximum absolute atomic E-state index is 12.1. The molecule has 3 rings (SSSR count). The third-order valence-electron chi connectivity index (χ3n) is 3.83. The minimum Gasteiger partial charge on any atom is -0.378 e. The van der Waals surface area contributed by atoms with Crippen LogP contribution in [0.2, 0.25) is 0 Å². The molecule has 1 saturated heterocycles. The number of rotatable bonds is 4. The molecule has 1 aliphatic rings. The first-order valence-electron chi connectivity index (χ1n) is 8.21. The quantitative estimate of drug-likeness (QED) is 0.932. The van der Waals surface area contributed by atoms with Gasteiger partial charge in [-0.1, -0.05) is 12.1 Å². The van der Waals surface area contributed by atoms with Crippen molar-refractivity contribution in [1.29, 1.82) is 0 Å². The predicted molar refractivity (Wildman–Crippen MR) is 93.1 cm³/mol. The molecule has 1 amide bonds. The van der Waals surface area contributed by atoms with E-state index in [-0.39, 0.29) is 11.9 Å². The highest BCUT2D eigenvalue weighted by Gasteiger charge is 2.13. The van der Waals surface area contributed by atoms with Gasteiger partial charge in [0.2, 0.25) is 0 Å². The number of hydrogen-bond acceptors (Lipinski definition) is 5. The summed E-state index contributed by atoms with van der Waals surface area (Å²) in [7, 11) is 0. The molecule has 1 aromatic heterocycles. The molecule has 0 aliphatic carbocycles. The number of nitrogens with zero attached hydrogens (tertiary/aromatic N) is 3. The lowest BCUT2D eigenvalue weighted by Crippen LogP contribution is -2.36. The molecule has 126 valence electrons.